The van der Waals surface area contributed by atoms with E-state index in [1.54, 1.807) is 6.92 Å². The fourth-order valence-electron chi connectivity index (χ4n) is 0.419. The lowest BCUT2D eigenvalue weighted by Crippen LogP contribution is -2.30. The van der Waals surface area contributed by atoms with E-state index < -0.39 is 0 Å². The molecule has 1 N–H and O–H groups in total. The molecule has 0 aliphatic rings. The molecule has 0 spiro atoms. The van der Waals surface area contributed by atoms with Gasteiger partial charge in [0.2, 0.25) is 5.91 Å². The minimum atomic E-state index is -0.378. The second kappa shape index (κ2) is 5.65. The van der Waals surface area contributed by atoms with E-state index in [0.717, 1.165) is 0 Å². The molecule has 0 heterocycles. The van der Waals surface area contributed by atoms with Crippen LogP contribution in [-0.4, -0.2) is 24.0 Å². The molecule has 4 heteroatoms. The van der Waals surface area contributed by atoms with E-state index in [9.17, 15) is 9.18 Å². The lowest BCUT2D eigenvalue weighted by Gasteiger charge is -2.03. The number of alkyl halides is 2. The minimum absolute atomic E-state index is 0.0894. The van der Waals surface area contributed by atoms with Crippen molar-refractivity contribution in [3.05, 3.63) is 0 Å². The average Bonchev–Trinajstić information content (AvgIpc) is 1.88. The van der Waals surface area contributed by atoms with Crippen molar-refractivity contribution in [2.24, 2.45) is 0 Å². The fourth-order valence-corrected chi connectivity index (χ4v) is 0.581. The Balaban J connectivity index is 3.22. The molecule has 0 bridgehead atoms. The summed E-state index contributed by atoms with van der Waals surface area (Å²) in [5.41, 5.74) is 0. The molecule has 10 heavy (non-hydrogen) atoms. The van der Waals surface area contributed by atoms with Gasteiger partial charge >= 0.3 is 0 Å². The van der Waals surface area contributed by atoms with Crippen LogP contribution in [0.4, 0.5) is 4.39 Å². The van der Waals surface area contributed by atoms with E-state index in [4.69, 9.17) is 0 Å². The van der Waals surface area contributed by atoms with Gasteiger partial charge in [0, 0.05) is 6.54 Å². The number of hydrogen-bond donors (Lipinski definition) is 1. The zero-order chi connectivity index (χ0) is 7.98. The summed E-state index contributed by atoms with van der Waals surface area (Å²) in [4.78, 5) is 10.5. The number of amides is 1. The van der Waals surface area contributed by atoms with E-state index in [1.807, 2.05) is 0 Å². The summed E-state index contributed by atoms with van der Waals surface area (Å²) < 4.78 is 11.5. The van der Waals surface area contributed by atoms with Crippen molar-refractivity contribution >= 4 is 21.8 Å². The Bertz CT molecular complexity index is 108. The molecule has 0 aliphatic carbocycles. The van der Waals surface area contributed by atoms with Gasteiger partial charge in [-0.15, -0.1) is 0 Å². The first kappa shape index (κ1) is 9.88. The Morgan fingerprint density at radius 3 is 2.80 bits per heavy atom. The van der Waals surface area contributed by atoms with Crippen LogP contribution in [0.5, 0.6) is 0 Å². The quantitative estimate of drug-likeness (QED) is 0.551. The van der Waals surface area contributed by atoms with Gasteiger partial charge in [-0.1, -0.05) is 15.9 Å². The van der Waals surface area contributed by atoms with Crippen LogP contribution < -0.4 is 5.32 Å². The fraction of sp³-hybridized carbons (Fsp3) is 0.833. The monoisotopic (exact) mass is 211 g/mol. The van der Waals surface area contributed by atoms with Crippen LogP contribution in [0.15, 0.2) is 0 Å². The zero-order valence-corrected chi connectivity index (χ0v) is 7.45. The summed E-state index contributed by atoms with van der Waals surface area (Å²) in [5, 5.41) is 2.56. The number of halogens is 2. The van der Waals surface area contributed by atoms with Gasteiger partial charge in [-0.2, -0.15) is 0 Å². The summed E-state index contributed by atoms with van der Waals surface area (Å²) in [6.45, 7) is 1.77. The highest BCUT2D eigenvalue weighted by Gasteiger charge is 2.05. The lowest BCUT2D eigenvalue weighted by atomic mass is 10.4. The summed E-state index contributed by atoms with van der Waals surface area (Å²) in [6, 6.07) is 0. The SMILES string of the molecule is CC(Br)C(=O)NCCCF. The molecule has 0 aliphatic heterocycles. The second-order valence-corrected chi connectivity index (χ2v) is 3.32. The predicted molar refractivity (Wildman–Crippen MR) is 42.0 cm³/mol. The highest BCUT2D eigenvalue weighted by molar-refractivity contribution is 9.10. The molecule has 1 amide bonds. The molecule has 0 aromatic heterocycles. The zero-order valence-electron chi connectivity index (χ0n) is 5.86. The number of rotatable bonds is 4. The lowest BCUT2D eigenvalue weighted by molar-refractivity contribution is -0.120. The van der Waals surface area contributed by atoms with Crippen molar-refractivity contribution in [2.45, 2.75) is 18.2 Å². The van der Waals surface area contributed by atoms with Crippen LogP contribution in [0.25, 0.3) is 0 Å². The third-order valence-corrected chi connectivity index (χ3v) is 1.39. The van der Waals surface area contributed by atoms with Crippen LogP contribution in [0.1, 0.15) is 13.3 Å². The third kappa shape index (κ3) is 4.73. The van der Waals surface area contributed by atoms with Crippen LogP contribution >= 0.6 is 15.9 Å². The van der Waals surface area contributed by atoms with E-state index in [0.29, 0.717) is 13.0 Å². The van der Waals surface area contributed by atoms with E-state index in [1.165, 1.54) is 0 Å². The highest BCUT2D eigenvalue weighted by Crippen LogP contribution is 1.95. The minimum Gasteiger partial charge on any atom is -0.355 e. The van der Waals surface area contributed by atoms with Gasteiger partial charge in [0.05, 0.1) is 11.5 Å². The molecule has 0 aromatic rings. The first-order valence-corrected chi connectivity index (χ1v) is 4.07. The van der Waals surface area contributed by atoms with Crippen LogP contribution in [0.3, 0.4) is 0 Å². The number of carbonyl (C=O) groups excluding carboxylic acids is 1. The van der Waals surface area contributed by atoms with Gasteiger partial charge in [0.15, 0.2) is 0 Å². The largest absolute Gasteiger partial charge is 0.355 e. The van der Waals surface area contributed by atoms with E-state index in [2.05, 4.69) is 21.2 Å². The maximum atomic E-state index is 11.5. The van der Waals surface area contributed by atoms with Gasteiger partial charge < -0.3 is 5.32 Å². The average molecular weight is 212 g/mol. The topological polar surface area (TPSA) is 29.1 Å². The molecular weight excluding hydrogens is 201 g/mol. The molecule has 1 unspecified atom stereocenters. The molecule has 0 aromatic carbocycles. The predicted octanol–water partition coefficient (Wildman–Crippen LogP) is 1.25. The van der Waals surface area contributed by atoms with Crippen LogP contribution in [-0.2, 0) is 4.79 Å². The summed E-state index contributed by atoms with van der Waals surface area (Å²) in [7, 11) is 0. The Morgan fingerprint density at radius 2 is 2.40 bits per heavy atom. The van der Waals surface area contributed by atoms with Gasteiger partial charge in [-0.3, -0.25) is 9.18 Å². The third-order valence-electron chi connectivity index (χ3n) is 0.971. The van der Waals surface area contributed by atoms with Gasteiger partial charge in [-0.05, 0) is 13.3 Å². The summed E-state index contributed by atoms with van der Waals surface area (Å²) >= 11 is 3.09. The Kier molecular flexibility index (Phi) is 5.58. The Morgan fingerprint density at radius 1 is 1.80 bits per heavy atom. The Labute approximate surface area is 68.3 Å². The first-order valence-electron chi connectivity index (χ1n) is 3.16. The molecule has 60 valence electrons. The van der Waals surface area contributed by atoms with Gasteiger partial charge in [-0.25, -0.2) is 0 Å². The molecule has 0 saturated heterocycles. The smallest absolute Gasteiger partial charge is 0.233 e. The second-order valence-electron chi connectivity index (χ2n) is 1.95. The van der Waals surface area contributed by atoms with Crippen LogP contribution in [0.2, 0.25) is 0 Å². The Hall–Kier alpha value is -0.120. The van der Waals surface area contributed by atoms with E-state index >= 15 is 0 Å². The highest BCUT2D eigenvalue weighted by atomic mass is 79.9. The maximum Gasteiger partial charge on any atom is 0.233 e. The normalized spacial score (nSPS) is 12.7. The molecule has 0 fully saturated rings. The van der Waals surface area contributed by atoms with Gasteiger partial charge in [0.25, 0.3) is 0 Å². The van der Waals surface area contributed by atoms with Crippen molar-refractivity contribution in [2.75, 3.05) is 13.2 Å². The standard InChI is InChI=1S/C6H11BrFNO/c1-5(7)6(10)9-4-2-3-8/h5H,2-4H2,1H3,(H,9,10). The molecule has 2 nitrogen and oxygen atoms in total. The summed E-state index contributed by atoms with van der Waals surface area (Å²) in [5.74, 6) is -0.0894. The molecule has 0 radical (unpaired) electrons. The van der Waals surface area contributed by atoms with Crippen molar-refractivity contribution in [3.63, 3.8) is 0 Å². The summed E-state index contributed by atoms with van der Waals surface area (Å²) in [6.07, 6.45) is 0.394. The maximum absolute atomic E-state index is 11.5. The van der Waals surface area contributed by atoms with Crippen molar-refractivity contribution in [1.82, 2.24) is 5.32 Å². The number of nitrogens with one attached hydrogen (secondary N) is 1. The molecule has 0 saturated carbocycles. The number of hydrogen-bond acceptors (Lipinski definition) is 1. The van der Waals surface area contributed by atoms with E-state index in [-0.39, 0.29) is 17.4 Å². The van der Waals surface area contributed by atoms with Crippen molar-refractivity contribution < 1.29 is 9.18 Å². The van der Waals surface area contributed by atoms with Crippen molar-refractivity contribution in [3.8, 4) is 0 Å². The molecular formula is C6H11BrFNO. The first-order chi connectivity index (χ1) is 4.68. The van der Waals surface area contributed by atoms with Gasteiger partial charge in [0.1, 0.15) is 0 Å². The van der Waals surface area contributed by atoms with Crippen LogP contribution in [0, 0.1) is 0 Å². The number of carbonyl (C=O) groups is 1. The molecule has 0 rings (SSSR count). The van der Waals surface area contributed by atoms with Crippen molar-refractivity contribution in [1.29, 1.82) is 0 Å². The molecule has 1 atom stereocenters.